The van der Waals surface area contributed by atoms with Crippen molar-refractivity contribution in [2.75, 3.05) is 20.6 Å². The van der Waals surface area contributed by atoms with Crippen LogP contribution in [0.25, 0.3) is 0 Å². The summed E-state index contributed by atoms with van der Waals surface area (Å²) in [5.41, 5.74) is 0.435. The molecule has 1 aliphatic rings. The molecule has 1 fully saturated rings. The van der Waals surface area contributed by atoms with Crippen LogP contribution in [0.3, 0.4) is 0 Å². The molecule has 0 aliphatic carbocycles. The van der Waals surface area contributed by atoms with Crippen molar-refractivity contribution >= 4 is 23.7 Å². The van der Waals surface area contributed by atoms with Gasteiger partial charge in [0, 0.05) is 24.7 Å². The Labute approximate surface area is 309 Å². The molecule has 3 N–H and O–H groups in total. The van der Waals surface area contributed by atoms with E-state index in [-0.39, 0.29) is 43.2 Å². The molecule has 13 atom stereocenters. The van der Waals surface area contributed by atoms with Gasteiger partial charge < -0.3 is 33.7 Å². The molecule has 0 aromatic heterocycles. The van der Waals surface area contributed by atoms with Gasteiger partial charge in [-0.2, -0.15) is 4.91 Å². The lowest BCUT2D eigenvalue weighted by Crippen LogP contribution is -2.58. The van der Waals surface area contributed by atoms with E-state index in [2.05, 4.69) is 11.8 Å². The van der Waals surface area contributed by atoms with E-state index in [1.54, 1.807) is 48.5 Å². The molecule has 0 aromatic carbocycles. The number of aliphatic hydroxyl groups is 1. The maximum Gasteiger partial charge on any atom is 0.311 e. The first-order valence-corrected chi connectivity index (χ1v) is 18.3. The Morgan fingerprint density at radius 1 is 1.02 bits per heavy atom. The van der Waals surface area contributed by atoms with Gasteiger partial charge in [0.1, 0.15) is 30.6 Å². The summed E-state index contributed by atoms with van der Waals surface area (Å²) in [7, 11) is 3.73. The molecule has 0 aromatic rings. The number of hydrogen-bond acceptors (Lipinski definition) is 15. The van der Waals surface area contributed by atoms with Crippen molar-refractivity contribution in [2.24, 2.45) is 40.7 Å². The molecule has 1 aliphatic heterocycles. The molecular weight excluding hydrogens is 678 g/mol. The zero-order valence-electron chi connectivity index (χ0n) is 33.2. The number of carbonyl (C=O) groups is 4. The summed E-state index contributed by atoms with van der Waals surface area (Å²) in [6.07, 6.45) is -5.65. The Morgan fingerprint density at radius 3 is 2.13 bits per heavy atom. The van der Waals surface area contributed by atoms with Crippen molar-refractivity contribution in [2.45, 2.75) is 150 Å². The first-order valence-electron chi connectivity index (χ1n) is 18.3. The minimum atomic E-state index is -1.31. The van der Waals surface area contributed by atoms with Crippen LogP contribution in [0, 0.1) is 34.5 Å². The lowest BCUT2D eigenvalue weighted by Gasteiger charge is -2.45. The number of ketones is 1. The lowest BCUT2D eigenvalue weighted by molar-refractivity contribution is -0.291. The van der Waals surface area contributed by atoms with Gasteiger partial charge in [0.2, 0.25) is 0 Å². The molecule has 0 amide bonds. The summed E-state index contributed by atoms with van der Waals surface area (Å²) >= 11 is 0. The van der Waals surface area contributed by atoms with Crippen molar-refractivity contribution in [1.82, 2.24) is 4.90 Å². The van der Waals surface area contributed by atoms with Gasteiger partial charge in [0.05, 0.1) is 36.2 Å². The molecule has 1 heterocycles. The Kier molecular flexibility index (Phi) is 20.3. The van der Waals surface area contributed by atoms with Crippen LogP contribution >= 0.6 is 0 Å². The van der Waals surface area contributed by atoms with Crippen LogP contribution in [0.5, 0.6) is 0 Å². The second-order valence-corrected chi connectivity index (χ2v) is 14.9. The summed E-state index contributed by atoms with van der Waals surface area (Å²) in [4.78, 5) is 69.4. The van der Waals surface area contributed by atoms with Gasteiger partial charge in [-0.15, -0.1) is 0 Å². The zero-order chi connectivity index (χ0) is 40.0. The molecule has 0 radical (unpaired) electrons. The Bertz CT molecular complexity index is 1180. The number of aliphatic hydroxyl groups excluding tert-OH is 1. The van der Waals surface area contributed by atoms with E-state index in [0.717, 1.165) is 0 Å². The maximum atomic E-state index is 13.5. The molecular formula is C37H65N3O12. The average Bonchev–Trinajstić information content (AvgIpc) is 3.07. The van der Waals surface area contributed by atoms with Crippen molar-refractivity contribution in [1.29, 1.82) is 0 Å². The Morgan fingerprint density at radius 2 is 1.63 bits per heavy atom. The van der Waals surface area contributed by atoms with Crippen molar-refractivity contribution in [3.8, 4) is 0 Å². The molecule has 300 valence electrons. The smallest absolute Gasteiger partial charge is 0.311 e. The minimum Gasteiger partial charge on any atom is -0.458 e. The third-order valence-electron chi connectivity index (χ3n) is 9.81. The van der Waals surface area contributed by atoms with Crippen LogP contribution < -0.4 is 5.90 Å². The number of ether oxygens (including phenoxy) is 5. The fourth-order valence-electron chi connectivity index (χ4n) is 6.64. The number of nitrogens with two attached hydrogens (primary N) is 1. The van der Waals surface area contributed by atoms with Gasteiger partial charge in [-0.3, -0.25) is 24.0 Å². The Hall–Kier alpha value is -2.82. The number of nitrogens with zero attached hydrogens (tertiary/aromatic N) is 2. The van der Waals surface area contributed by atoms with Gasteiger partial charge >= 0.3 is 17.9 Å². The number of carbonyl (C=O) groups excluding carboxylic acids is 4. The minimum absolute atomic E-state index is 0.00466. The summed E-state index contributed by atoms with van der Waals surface area (Å²) in [5, 5.41) is 14.3. The molecule has 1 saturated heterocycles. The molecule has 1 rings (SSSR count). The second kappa shape index (κ2) is 22.4. The SMILES string of the molecule is C=C(CN=O)CC(C[C@@H](C)C(=O)C(C)C)C(=O)OC(C)[C@@H](CC)OC(=O)[C@H](C)[C@@H](O)[C@H](C)[C@@H](O[C@@H]1O[C@H](C)C[C@H](N(C)C)[C@H]1OC(C)=O)C(C)ON. The van der Waals surface area contributed by atoms with Crippen LogP contribution in [0.2, 0.25) is 0 Å². The predicted molar refractivity (Wildman–Crippen MR) is 193 cm³/mol. The zero-order valence-corrected chi connectivity index (χ0v) is 33.2. The van der Waals surface area contributed by atoms with Crippen LogP contribution in [0.15, 0.2) is 17.3 Å². The standard InChI is InChI=1S/C37H65N3O12/c1-14-30(25(9)48-36(45)28(15-20(4)18-39-46)16-21(5)31(42)19(2)3)50-35(44)24(8)32(43)23(7)33(26(10)52-38)51-37-34(49-27(11)41)29(40(12)13)17-22(6)47-37/h19,21-26,28-30,32-34,37,43H,4,14-18,38H2,1-3,5-13H3/t21-,22-,23+,24-,25?,26?,28?,29+,30-,32+,33-,34-,37+/m1/s1. The van der Waals surface area contributed by atoms with Crippen molar-refractivity contribution in [3.05, 3.63) is 17.1 Å². The molecule has 3 unspecified atom stereocenters. The number of likely N-dealkylation sites (N-methyl/N-ethyl adjacent to an activating group) is 1. The van der Waals surface area contributed by atoms with E-state index in [1.807, 2.05) is 25.9 Å². The summed E-state index contributed by atoms with van der Waals surface area (Å²) in [6, 6.07) is -0.225. The predicted octanol–water partition coefficient (Wildman–Crippen LogP) is 4.11. The number of nitroso groups, excluding NO2 is 1. The quantitative estimate of drug-likeness (QED) is 0.0498. The number of hydrogen-bond donors (Lipinski definition) is 2. The fraction of sp³-hybridized carbons (Fsp3) is 0.838. The highest BCUT2D eigenvalue weighted by atomic mass is 16.7. The third kappa shape index (κ3) is 14.2. The first kappa shape index (κ1) is 47.2. The van der Waals surface area contributed by atoms with E-state index in [1.165, 1.54) is 13.8 Å². The van der Waals surface area contributed by atoms with Crippen molar-refractivity contribution in [3.63, 3.8) is 0 Å². The van der Waals surface area contributed by atoms with Gasteiger partial charge in [0.25, 0.3) is 0 Å². The van der Waals surface area contributed by atoms with E-state index in [0.29, 0.717) is 18.4 Å². The van der Waals surface area contributed by atoms with E-state index in [9.17, 15) is 29.2 Å². The third-order valence-corrected chi connectivity index (χ3v) is 9.81. The van der Waals surface area contributed by atoms with E-state index in [4.69, 9.17) is 34.4 Å². The topological polar surface area (TPSA) is 203 Å². The monoisotopic (exact) mass is 743 g/mol. The van der Waals surface area contributed by atoms with Gasteiger partial charge in [-0.1, -0.05) is 51.9 Å². The maximum absolute atomic E-state index is 13.5. The van der Waals surface area contributed by atoms with Crippen LogP contribution in [0.4, 0.5) is 0 Å². The number of esters is 3. The van der Waals surface area contributed by atoms with Gasteiger partial charge in [0.15, 0.2) is 12.4 Å². The van der Waals surface area contributed by atoms with Crippen LogP contribution in [0.1, 0.15) is 94.9 Å². The highest BCUT2D eigenvalue weighted by Gasteiger charge is 2.46. The van der Waals surface area contributed by atoms with E-state index >= 15 is 0 Å². The highest BCUT2D eigenvalue weighted by Crippen LogP contribution is 2.32. The second-order valence-electron chi connectivity index (χ2n) is 14.9. The highest BCUT2D eigenvalue weighted by molar-refractivity contribution is 5.83. The van der Waals surface area contributed by atoms with Crippen LogP contribution in [-0.4, -0.2) is 109 Å². The fourth-order valence-corrected chi connectivity index (χ4v) is 6.64. The van der Waals surface area contributed by atoms with Gasteiger partial charge in [-0.05, 0) is 67.5 Å². The first-order chi connectivity index (χ1) is 24.2. The number of rotatable bonds is 23. The average molecular weight is 744 g/mol. The van der Waals surface area contributed by atoms with Crippen molar-refractivity contribution < 1.29 is 52.8 Å². The van der Waals surface area contributed by atoms with E-state index < -0.39 is 84.5 Å². The Balaban J connectivity index is 3.13. The summed E-state index contributed by atoms with van der Waals surface area (Å²) in [5.74, 6) is 0.451. The van der Waals surface area contributed by atoms with Gasteiger partial charge in [-0.25, -0.2) is 5.90 Å². The molecule has 52 heavy (non-hydrogen) atoms. The summed E-state index contributed by atoms with van der Waals surface area (Å²) < 4.78 is 29.7. The molecule has 0 bridgehead atoms. The molecule has 15 heteroatoms. The number of Topliss-reactive ketones (excluding diaryl/α,β-unsaturated/α-hetero) is 1. The molecule has 0 saturated carbocycles. The van der Waals surface area contributed by atoms with Crippen LogP contribution in [-0.2, 0) is 47.7 Å². The largest absolute Gasteiger partial charge is 0.458 e. The molecule has 15 nitrogen and oxygen atoms in total. The summed E-state index contributed by atoms with van der Waals surface area (Å²) in [6.45, 7) is 20.4. The lowest BCUT2D eigenvalue weighted by atomic mass is 9.85. The normalized spacial score (nSPS) is 24.4. The molecule has 0 spiro atoms.